The first-order chi connectivity index (χ1) is 9.47. The van der Waals surface area contributed by atoms with E-state index in [-0.39, 0.29) is 11.7 Å². The first-order valence-electron chi connectivity index (χ1n) is 6.16. The zero-order valence-corrected chi connectivity index (χ0v) is 12.0. The van der Waals surface area contributed by atoms with Gasteiger partial charge in [-0.3, -0.25) is 9.59 Å². The summed E-state index contributed by atoms with van der Waals surface area (Å²) >= 11 is 5.93. The van der Waals surface area contributed by atoms with Crippen molar-refractivity contribution in [2.45, 2.75) is 13.8 Å². The van der Waals surface area contributed by atoms with E-state index in [1.165, 1.54) is 6.92 Å². The lowest BCUT2D eigenvalue weighted by molar-refractivity contribution is -0.114. The van der Waals surface area contributed by atoms with Crippen LogP contribution in [0.5, 0.6) is 0 Å². The molecule has 0 spiro atoms. The van der Waals surface area contributed by atoms with Crippen LogP contribution in [0.25, 0.3) is 0 Å². The maximum atomic E-state index is 12.4. The topological polar surface area (TPSA) is 46.2 Å². The predicted molar refractivity (Wildman–Crippen MR) is 80.4 cm³/mol. The molecule has 102 valence electrons. The minimum Gasteiger partial charge on any atom is -0.326 e. The molecule has 1 N–H and O–H groups in total. The van der Waals surface area contributed by atoms with E-state index in [2.05, 4.69) is 5.32 Å². The largest absolute Gasteiger partial charge is 0.326 e. The molecule has 0 aliphatic heterocycles. The van der Waals surface area contributed by atoms with Gasteiger partial charge >= 0.3 is 0 Å². The number of carbonyl (C=O) groups is 2. The average Bonchev–Trinajstić information content (AvgIpc) is 2.41. The maximum absolute atomic E-state index is 12.4. The highest BCUT2D eigenvalue weighted by Gasteiger charge is 2.12. The van der Waals surface area contributed by atoms with Gasteiger partial charge in [0, 0.05) is 28.8 Å². The van der Waals surface area contributed by atoms with Crippen molar-refractivity contribution >= 4 is 29.0 Å². The van der Waals surface area contributed by atoms with Gasteiger partial charge in [-0.1, -0.05) is 17.7 Å². The van der Waals surface area contributed by atoms with Gasteiger partial charge < -0.3 is 5.32 Å². The molecule has 0 atom stereocenters. The zero-order valence-electron chi connectivity index (χ0n) is 11.2. The summed E-state index contributed by atoms with van der Waals surface area (Å²) in [5.74, 6) is -0.228. The van der Waals surface area contributed by atoms with Gasteiger partial charge in [-0.15, -0.1) is 0 Å². The van der Waals surface area contributed by atoms with Crippen molar-refractivity contribution < 1.29 is 9.59 Å². The molecule has 0 bridgehead atoms. The molecule has 0 radical (unpaired) electrons. The molecular weight excluding hydrogens is 274 g/mol. The third-order valence-corrected chi connectivity index (χ3v) is 3.15. The number of hydrogen-bond acceptors (Lipinski definition) is 2. The standard InChI is InChI=1S/C16H14ClNO2/c1-10-3-6-13(17)9-15(10)16(20)12-4-7-14(8-5-12)18-11(2)19/h3-9H,1-2H3,(H,18,19). The Kier molecular flexibility index (Phi) is 4.20. The fourth-order valence-corrected chi connectivity index (χ4v) is 2.07. The van der Waals surface area contributed by atoms with Gasteiger partial charge in [0.2, 0.25) is 5.91 Å². The van der Waals surface area contributed by atoms with Gasteiger partial charge in [0.25, 0.3) is 0 Å². The van der Waals surface area contributed by atoms with Crippen LogP contribution in [-0.2, 0) is 4.79 Å². The molecular formula is C16H14ClNO2. The normalized spacial score (nSPS) is 10.2. The molecule has 0 saturated carbocycles. The Morgan fingerprint density at radius 1 is 1.05 bits per heavy atom. The number of rotatable bonds is 3. The summed E-state index contributed by atoms with van der Waals surface area (Å²) in [6, 6.07) is 12.0. The fraction of sp³-hybridized carbons (Fsp3) is 0.125. The molecule has 0 aliphatic rings. The van der Waals surface area contributed by atoms with Crippen molar-refractivity contribution in [3.05, 3.63) is 64.2 Å². The number of nitrogens with one attached hydrogen (secondary N) is 1. The van der Waals surface area contributed by atoms with E-state index in [0.717, 1.165) is 5.56 Å². The van der Waals surface area contributed by atoms with Crippen LogP contribution in [0.4, 0.5) is 5.69 Å². The van der Waals surface area contributed by atoms with Crippen LogP contribution in [0.3, 0.4) is 0 Å². The summed E-state index contributed by atoms with van der Waals surface area (Å²) in [6.45, 7) is 3.31. The molecule has 0 aromatic heterocycles. The molecule has 0 heterocycles. The van der Waals surface area contributed by atoms with Crippen LogP contribution in [0.2, 0.25) is 5.02 Å². The molecule has 1 amide bonds. The Morgan fingerprint density at radius 2 is 1.70 bits per heavy atom. The van der Waals surface area contributed by atoms with E-state index >= 15 is 0 Å². The summed E-state index contributed by atoms with van der Waals surface area (Å²) in [4.78, 5) is 23.3. The summed E-state index contributed by atoms with van der Waals surface area (Å²) in [5, 5.41) is 3.20. The number of amides is 1. The lowest BCUT2D eigenvalue weighted by Crippen LogP contribution is -2.07. The van der Waals surface area contributed by atoms with Crippen molar-refractivity contribution in [3.8, 4) is 0 Å². The molecule has 4 heteroatoms. The fourth-order valence-electron chi connectivity index (χ4n) is 1.90. The highest BCUT2D eigenvalue weighted by Crippen LogP contribution is 2.20. The van der Waals surface area contributed by atoms with Crippen molar-refractivity contribution in [2.24, 2.45) is 0 Å². The second kappa shape index (κ2) is 5.88. The monoisotopic (exact) mass is 287 g/mol. The Bertz CT molecular complexity index is 663. The molecule has 0 aliphatic carbocycles. The number of ketones is 1. The number of anilines is 1. The second-order valence-corrected chi connectivity index (χ2v) is 4.98. The Balaban J connectivity index is 2.29. The van der Waals surface area contributed by atoms with Crippen LogP contribution in [0.1, 0.15) is 28.4 Å². The van der Waals surface area contributed by atoms with E-state index in [1.54, 1.807) is 36.4 Å². The molecule has 0 unspecified atom stereocenters. The molecule has 3 nitrogen and oxygen atoms in total. The first-order valence-corrected chi connectivity index (χ1v) is 6.53. The first kappa shape index (κ1) is 14.3. The van der Waals surface area contributed by atoms with Gasteiger partial charge in [0.1, 0.15) is 0 Å². The van der Waals surface area contributed by atoms with E-state index < -0.39 is 0 Å². The van der Waals surface area contributed by atoms with Crippen LogP contribution >= 0.6 is 11.6 Å². The van der Waals surface area contributed by atoms with Crippen molar-refractivity contribution in [1.29, 1.82) is 0 Å². The summed E-state index contributed by atoms with van der Waals surface area (Å²) in [6.07, 6.45) is 0. The number of halogens is 1. The smallest absolute Gasteiger partial charge is 0.221 e. The number of benzene rings is 2. The Morgan fingerprint density at radius 3 is 2.30 bits per heavy atom. The summed E-state index contributed by atoms with van der Waals surface area (Å²) in [5.41, 5.74) is 2.69. The van der Waals surface area contributed by atoms with Gasteiger partial charge in [0.05, 0.1) is 0 Å². The molecule has 0 fully saturated rings. The van der Waals surface area contributed by atoms with Crippen molar-refractivity contribution in [2.75, 3.05) is 5.32 Å². The van der Waals surface area contributed by atoms with Crippen LogP contribution in [0, 0.1) is 6.92 Å². The van der Waals surface area contributed by atoms with E-state index in [1.807, 2.05) is 13.0 Å². The molecule has 20 heavy (non-hydrogen) atoms. The van der Waals surface area contributed by atoms with E-state index in [4.69, 9.17) is 11.6 Å². The van der Waals surface area contributed by atoms with E-state index in [9.17, 15) is 9.59 Å². The third-order valence-electron chi connectivity index (χ3n) is 2.91. The third kappa shape index (κ3) is 3.25. The van der Waals surface area contributed by atoms with E-state index in [0.29, 0.717) is 21.8 Å². The Hall–Kier alpha value is -2.13. The Labute approximate surface area is 122 Å². The molecule has 2 aromatic carbocycles. The van der Waals surface area contributed by atoms with Gasteiger partial charge in [-0.05, 0) is 48.9 Å². The lowest BCUT2D eigenvalue weighted by Gasteiger charge is -2.07. The molecule has 2 rings (SSSR count). The number of aryl methyl sites for hydroxylation is 1. The summed E-state index contributed by atoms with van der Waals surface area (Å²) < 4.78 is 0. The number of carbonyl (C=O) groups excluding carboxylic acids is 2. The quantitative estimate of drug-likeness (QED) is 0.872. The van der Waals surface area contributed by atoms with Gasteiger partial charge in [0.15, 0.2) is 5.78 Å². The van der Waals surface area contributed by atoms with Crippen LogP contribution in [-0.4, -0.2) is 11.7 Å². The SMILES string of the molecule is CC(=O)Nc1ccc(C(=O)c2cc(Cl)ccc2C)cc1. The highest BCUT2D eigenvalue weighted by molar-refractivity contribution is 6.31. The van der Waals surface area contributed by atoms with Crippen molar-refractivity contribution in [3.63, 3.8) is 0 Å². The van der Waals surface area contributed by atoms with Crippen LogP contribution < -0.4 is 5.32 Å². The minimum absolute atomic E-state index is 0.0839. The lowest BCUT2D eigenvalue weighted by atomic mass is 9.99. The zero-order chi connectivity index (χ0) is 14.7. The average molecular weight is 288 g/mol. The van der Waals surface area contributed by atoms with Gasteiger partial charge in [-0.2, -0.15) is 0 Å². The second-order valence-electron chi connectivity index (χ2n) is 4.55. The van der Waals surface area contributed by atoms with Crippen molar-refractivity contribution in [1.82, 2.24) is 0 Å². The molecule has 2 aromatic rings. The predicted octanol–water partition coefficient (Wildman–Crippen LogP) is 3.84. The van der Waals surface area contributed by atoms with Gasteiger partial charge in [-0.25, -0.2) is 0 Å². The number of hydrogen-bond donors (Lipinski definition) is 1. The maximum Gasteiger partial charge on any atom is 0.221 e. The van der Waals surface area contributed by atoms with Crippen LogP contribution in [0.15, 0.2) is 42.5 Å². The highest BCUT2D eigenvalue weighted by atomic mass is 35.5. The summed E-state index contributed by atoms with van der Waals surface area (Å²) in [7, 11) is 0. The molecule has 0 saturated heterocycles. The minimum atomic E-state index is -0.144.